The van der Waals surface area contributed by atoms with Gasteiger partial charge in [-0.3, -0.25) is 0 Å². The van der Waals surface area contributed by atoms with Crippen LogP contribution >= 0.6 is 0 Å². The fraction of sp³-hybridized carbons (Fsp3) is 0.364. The topological polar surface area (TPSA) is 67.8 Å². The van der Waals surface area contributed by atoms with Gasteiger partial charge in [-0.1, -0.05) is 5.16 Å². The lowest BCUT2D eigenvalue weighted by Gasteiger charge is -2.08. The van der Waals surface area contributed by atoms with Crippen molar-refractivity contribution >= 4 is 5.82 Å². The molecule has 2 heterocycles. The summed E-state index contributed by atoms with van der Waals surface area (Å²) in [6.45, 7) is 0. The number of nitrogens with zero attached hydrogens (tertiary/aromatic N) is 1. The number of rotatable bonds is 1. The van der Waals surface area contributed by atoms with Gasteiger partial charge in [0.05, 0.1) is 5.69 Å². The van der Waals surface area contributed by atoms with Crippen molar-refractivity contribution in [2.45, 2.75) is 25.7 Å². The summed E-state index contributed by atoms with van der Waals surface area (Å²) in [5.74, 6) is 1.15. The van der Waals surface area contributed by atoms with E-state index >= 15 is 0 Å². The number of nitrogens with one attached hydrogen (secondary N) is 1. The van der Waals surface area contributed by atoms with Gasteiger partial charge in [0, 0.05) is 11.8 Å². The average Bonchev–Trinajstić information content (AvgIpc) is 2.82. The molecule has 78 valence electrons. The number of aromatic nitrogens is 2. The molecule has 4 heteroatoms. The van der Waals surface area contributed by atoms with Crippen molar-refractivity contribution < 1.29 is 4.52 Å². The maximum absolute atomic E-state index is 5.52. The van der Waals surface area contributed by atoms with Gasteiger partial charge in [0.1, 0.15) is 0 Å². The summed E-state index contributed by atoms with van der Waals surface area (Å²) in [5.41, 5.74) is 9.26. The van der Waals surface area contributed by atoms with E-state index < -0.39 is 0 Å². The van der Waals surface area contributed by atoms with Crippen molar-refractivity contribution in [2.75, 3.05) is 5.73 Å². The monoisotopic (exact) mass is 203 g/mol. The molecule has 15 heavy (non-hydrogen) atoms. The molecule has 0 spiro atoms. The minimum Gasteiger partial charge on any atom is -0.381 e. The fourth-order valence-corrected chi connectivity index (χ4v) is 2.15. The molecule has 2 aromatic heterocycles. The molecule has 0 fully saturated rings. The summed E-state index contributed by atoms with van der Waals surface area (Å²) < 4.78 is 5.12. The lowest BCUT2D eigenvalue weighted by molar-refractivity contribution is 0.434. The minimum atomic E-state index is 0.428. The van der Waals surface area contributed by atoms with E-state index in [1.165, 1.54) is 24.1 Å². The second kappa shape index (κ2) is 3.15. The van der Waals surface area contributed by atoms with Gasteiger partial charge in [-0.2, -0.15) is 0 Å². The Kier molecular flexibility index (Phi) is 1.80. The van der Waals surface area contributed by atoms with Crippen molar-refractivity contribution in [3.63, 3.8) is 0 Å². The first-order valence-corrected chi connectivity index (χ1v) is 5.26. The summed E-state index contributed by atoms with van der Waals surface area (Å²) >= 11 is 0. The van der Waals surface area contributed by atoms with Crippen molar-refractivity contribution in [2.24, 2.45) is 0 Å². The number of H-pyrrole nitrogens is 1. The van der Waals surface area contributed by atoms with E-state index in [-0.39, 0.29) is 0 Å². The highest BCUT2D eigenvalue weighted by Crippen LogP contribution is 2.27. The van der Waals surface area contributed by atoms with Gasteiger partial charge >= 0.3 is 0 Å². The largest absolute Gasteiger partial charge is 0.381 e. The van der Waals surface area contributed by atoms with E-state index in [9.17, 15) is 0 Å². The first-order valence-electron chi connectivity index (χ1n) is 5.26. The van der Waals surface area contributed by atoms with Crippen LogP contribution in [0.15, 0.2) is 16.7 Å². The van der Waals surface area contributed by atoms with Crippen LogP contribution in [-0.2, 0) is 12.8 Å². The Labute approximate surface area is 87.5 Å². The molecule has 0 radical (unpaired) electrons. The number of fused-ring (bicyclic) bond motifs is 1. The molecular formula is C11H13N3O. The molecule has 2 aromatic rings. The van der Waals surface area contributed by atoms with Gasteiger partial charge in [-0.25, -0.2) is 0 Å². The number of anilines is 1. The zero-order valence-electron chi connectivity index (χ0n) is 8.42. The Morgan fingerprint density at radius 2 is 2.13 bits per heavy atom. The molecule has 0 saturated carbocycles. The Morgan fingerprint density at radius 1 is 1.27 bits per heavy atom. The van der Waals surface area contributed by atoms with E-state index in [0.29, 0.717) is 5.82 Å². The second-order valence-corrected chi connectivity index (χ2v) is 4.01. The molecule has 0 saturated heterocycles. The van der Waals surface area contributed by atoms with Crippen LogP contribution < -0.4 is 5.73 Å². The maximum atomic E-state index is 5.52. The third-order valence-corrected chi connectivity index (χ3v) is 2.91. The summed E-state index contributed by atoms with van der Waals surface area (Å²) in [7, 11) is 0. The second-order valence-electron chi connectivity index (χ2n) is 4.01. The normalized spacial score (nSPS) is 15.2. The van der Waals surface area contributed by atoms with Crippen LogP contribution in [0.25, 0.3) is 11.5 Å². The molecule has 0 bridgehead atoms. The van der Waals surface area contributed by atoms with E-state index in [4.69, 9.17) is 10.3 Å². The lowest BCUT2D eigenvalue weighted by Crippen LogP contribution is -1.99. The molecule has 0 atom stereocenters. The van der Waals surface area contributed by atoms with Crippen molar-refractivity contribution in [1.82, 2.24) is 10.1 Å². The van der Waals surface area contributed by atoms with Gasteiger partial charge < -0.3 is 15.2 Å². The van der Waals surface area contributed by atoms with Gasteiger partial charge in [-0.05, 0) is 37.3 Å². The highest BCUT2D eigenvalue weighted by Gasteiger charge is 2.15. The van der Waals surface area contributed by atoms with Crippen molar-refractivity contribution in [3.8, 4) is 11.5 Å². The van der Waals surface area contributed by atoms with Crippen LogP contribution in [0.2, 0.25) is 0 Å². The van der Waals surface area contributed by atoms with Crippen LogP contribution in [0.5, 0.6) is 0 Å². The molecule has 1 aliphatic rings. The Bertz CT molecular complexity index is 460. The fourth-order valence-electron chi connectivity index (χ4n) is 2.15. The Hall–Kier alpha value is -1.71. The zero-order chi connectivity index (χ0) is 10.3. The molecule has 0 unspecified atom stereocenters. The smallest absolute Gasteiger partial charge is 0.185 e. The zero-order valence-corrected chi connectivity index (χ0v) is 8.42. The van der Waals surface area contributed by atoms with Crippen LogP contribution in [0.1, 0.15) is 24.1 Å². The number of aryl methyl sites for hydroxylation is 2. The van der Waals surface area contributed by atoms with Crippen LogP contribution in [0.3, 0.4) is 0 Å². The molecular weight excluding hydrogens is 190 g/mol. The quantitative estimate of drug-likeness (QED) is 0.746. The summed E-state index contributed by atoms with van der Waals surface area (Å²) in [6, 6.07) is 3.89. The summed E-state index contributed by atoms with van der Waals surface area (Å²) in [6.07, 6.45) is 4.85. The number of hydrogen-bond acceptors (Lipinski definition) is 3. The van der Waals surface area contributed by atoms with Gasteiger partial charge in [0.15, 0.2) is 11.6 Å². The van der Waals surface area contributed by atoms with Crippen LogP contribution in [-0.4, -0.2) is 10.1 Å². The number of aromatic amines is 1. The van der Waals surface area contributed by atoms with Gasteiger partial charge in [0.2, 0.25) is 0 Å². The molecule has 0 amide bonds. The molecule has 0 aromatic carbocycles. The van der Waals surface area contributed by atoms with Gasteiger partial charge in [-0.15, -0.1) is 0 Å². The number of nitrogens with two attached hydrogens (primary N) is 1. The molecule has 3 N–H and O–H groups in total. The molecule has 0 aliphatic heterocycles. The Morgan fingerprint density at radius 3 is 2.87 bits per heavy atom. The minimum absolute atomic E-state index is 0.428. The van der Waals surface area contributed by atoms with E-state index in [0.717, 1.165) is 24.3 Å². The average molecular weight is 203 g/mol. The van der Waals surface area contributed by atoms with Crippen LogP contribution in [0.4, 0.5) is 5.82 Å². The standard InChI is InChI=1S/C11H13N3O/c12-11-6-10(15-14-11)9-5-7-3-1-2-4-8(7)13-9/h5-6,13H,1-4H2,(H2,12,14). The predicted molar refractivity (Wildman–Crippen MR) is 57.3 cm³/mol. The van der Waals surface area contributed by atoms with Crippen molar-refractivity contribution in [1.29, 1.82) is 0 Å². The number of nitrogen functional groups attached to an aromatic ring is 1. The predicted octanol–water partition coefficient (Wildman–Crippen LogP) is 2.13. The van der Waals surface area contributed by atoms with E-state index in [1.54, 1.807) is 6.07 Å². The van der Waals surface area contributed by atoms with Gasteiger partial charge in [0.25, 0.3) is 0 Å². The highest BCUT2D eigenvalue weighted by atomic mass is 16.5. The Balaban J connectivity index is 2.02. The van der Waals surface area contributed by atoms with E-state index in [2.05, 4.69) is 16.2 Å². The van der Waals surface area contributed by atoms with Crippen LogP contribution in [0, 0.1) is 0 Å². The molecule has 1 aliphatic carbocycles. The third kappa shape index (κ3) is 1.42. The van der Waals surface area contributed by atoms with Crippen molar-refractivity contribution in [3.05, 3.63) is 23.4 Å². The maximum Gasteiger partial charge on any atom is 0.185 e. The first kappa shape index (κ1) is 8.59. The first-order chi connectivity index (χ1) is 7.33. The summed E-state index contributed by atoms with van der Waals surface area (Å²) in [4.78, 5) is 3.37. The van der Waals surface area contributed by atoms with E-state index in [1.807, 2.05) is 0 Å². The SMILES string of the molecule is Nc1cc(-c2cc3c([nH]2)CCCC3)on1. The summed E-state index contributed by atoms with van der Waals surface area (Å²) in [5, 5.41) is 3.68. The highest BCUT2D eigenvalue weighted by molar-refractivity contribution is 5.58. The molecule has 4 nitrogen and oxygen atoms in total. The third-order valence-electron chi connectivity index (χ3n) is 2.91. The molecule has 3 rings (SSSR count). The number of hydrogen-bond donors (Lipinski definition) is 2. The lowest BCUT2D eigenvalue weighted by atomic mass is 9.98.